The van der Waals surface area contributed by atoms with Crippen LogP contribution in [0.25, 0.3) is 0 Å². The molecule has 1 heterocycles. The third-order valence-corrected chi connectivity index (χ3v) is 3.94. The predicted octanol–water partition coefficient (Wildman–Crippen LogP) is 2.21. The molecule has 0 radical (unpaired) electrons. The summed E-state index contributed by atoms with van der Waals surface area (Å²) in [5.41, 5.74) is 1.22. The van der Waals surface area contributed by atoms with Crippen molar-refractivity contribution in [3.8, 4) is 5.88 Å². The molecule has 1 atom stereocenters. The minimum Gasteiger partial charge on any atom is -0.481 e. The van der Waals surface area contributed by atoms with Crippen LogP contribution in [-0.2, 0) is 0 Å². The maximum Gasteiger partial charge on any atom is 0.220 e. The van der Waals surface area contributed by atoms with Gasteiger partial charge >= 0.3 is 0 Å². The first-order valence-corrected chi connectivity index (χ1v) is 7.02. The van der Waals surface area contributed by atoms with Crippen LogP contribution in [0.5, 0.6) is 5.88 Å². The Kier molecular flexibility index (Phi) is 5.89. The summed E-state index contributed by atoms with van der Waals surface area (Å²) < 4.78 is 5.31. The van der Waals surface area contributed by atoms with Gasteiger partial charge in [-0.2, -0.15) is 0 Å². The van der Waals surface area contributed by atoms with Crippen molar-refractivity contribution < 1.29 is 4.74 Å². The van der Waals surface area contributed by atoms with Crippen LogP contribution in [0, 0.1) is 0 Å². The number of hydrogen-bond donors (Lipinski definition) is 0. The molecule has 1 aromatic rings. The van der Waals surface area contributed by atoms with E-state index in [1.807, 2.05) is 6.20 Å². The standard InChI is InChI=1S/C15H28N4O/c1-12(13-10-16-11-17-14(13)20-7)18(5)8-9-19(6)15(2,3)4/h10-12H,8-9H2,1-7H3. The van der Waals surface area contributed by atoms with Gasteiger partial charge in [-0.05, 0) is 41.8 Å². The molecule has 114 valence electrons. The highest BCUT2D eigenvalue weighted by atomic mass is 16.5. The summed E-state index contributed by atoms with van der Waals surface area (Å²) in [6.45, 7) is 10.8. The summed E-state index contributed by atoms with van der Waals surface area (Å²) in [7, 11) is 5.92. The Morgan fingerprint density at radius 1 is 1.25 bits per heavy atom. The number of ether oxygens (including phenoxy) is 1. The molecule has 1 rings (SSSR count). The first-order chi connectivity index (χ1) is 9.27. The summed E-state index contributed by atoms with van der Waals surface area (Å²) >= 11 is 0. The van der Waals surface area contributed by atoms with E-state index in [4.69, 9.17) is 4.74 Å². The second-order valence-electron chi connectivity index (χ2n) is 6.24. The molecular formula is C15H28N4O. The van der Waals surface area contributed by atoms with Crippen LogP contribution in [0.15, 0.2) is 12.5 Å². The predicted molar refractivity (Wildman–Crippen MR) is 82.0 cm³/mol. The Balaban J connectivity index is 2.65. The Hall–Kier alpha value is -1.20. The van der Waals surface area contributed by atoms with Gasteiger partial charge in [-0.25, -0.2) is 9.97 Å². The molecule has 0 N–H and O–H groups in total. The number of aromatic nitrogens is 2. The topological polar surface area (TPSA) is 41.5 Å². The third kappa shape index (κ3) is 4.42. The summed E-state index contributed by atoms with van der Waals surface area (Å²) in [6, 6.07) is 0.222. The lowest BCUT2D eigenvalue weighted by atomic mass is 10.1. The Morgan fingerprint density at radius 2 is 1.90 bits per heavy atom. The molecule has 0 fully saturated rings. The van der Waals surface area contributed by atoms with Crippen molar-refractivity contribution in [2.75, 3.05) is 34.3 Å². The van der Waals surface area contributed by atoms with Gasteiger partial charge in [0.2, 0.25) is 5.88 Å². The molecule has 0 aliphatic carbocycles. The highest BCUT2D eigenvalue weighted by Gasteiger charge is 2.20. The first kappa shape index (κ1) is 16.9. The van der Waals surface area contributed by atoms with E-state index < -0.39 is 0 Å². The molecule has 0 bridgehead atoms. The molecule has 1 aromatic heterocycles. The summed E-state index contributed by atoms with van der Waals surface area (Å²) in [5, 5.41) is 0. The first-order valence-electron chi connectivity index (χ1n) is 7.02. The van der Waals surface area contributed by atoms with Gasteiger partial charge in [0, 0.05) is 36.4 Å². The van der Waals surface area contributed by atoms with Crippen molar-refractivity contribution in [3.63, 3.8) is 0 Å². The fraction of sp³-hybridized carbons (Fsp3) is 0.733. The molecule has 0 saturated heterocycles. The zero-order valence-corrected chi connectivity index (χ0v) is 13.8. The summed E-state index contributed by atoms with van der Waals surface area (Å²) in [5.74, 6) is 0.656. The van der Waals surface area contributed by atoms with Crippen LogP contribution in [0.1, 0.15) is 39.3 Å². The lowest BCUT2D eigenvalue weighted by Crippen LogP contribution is -2.42. The van der Waals surface area contributed by atoms with E-state index in [2.05, 4.69) is 61.6 Å². The van der Waals surface area contributed by atoms with E-state index in [0.29, 0.717) is 5.88 Å². The Bertz CT molecular complexity index is 417. The fourth-order valence-corrected chi connectivity index (χ4v) is 1.86. The molecule has 1 unspecified atom stereocenters. The van der Waals surface area contributed by atoms with Gasteiger partial charge in [-0.3, -0.25) is 4.90 Å². The quantitative estimate of drug-likeness (QED) is 0.799. The van der Waals surface area contributed by atoms with E-state index in [1.165, 1.54) is 6.33 Å². The zero-order valence-electron chi connectivity index (χ0n) is 13.8. The molecule has 0 spiro atoms. The number of likely N-dealkylation sites (N-methyl/N-ethyl adjacent to an activating group) is 2. The van der Waals surface area contributed by atoms with Gasteiger partial charge in [0.15, 0.2) is 0 Å². The maximum atomic E-state index is 5.31. The zero-order chi connectivity index (χ0) is 15.3. The molecule has 0 amide bonds. The lowest BCUT2D eigenvalue weighted by molar-refractivity contribution is 0.141. The minimum absolute atomic E-state index is 0.192. The number of nitrogens with zero attached hydrogens (tertiary/aromatic N) is 4. The second-order valence-corrected chi connectivity index (χ2v) is 6.24. The van der Waals surface area contributed by atoms with Crippen molar-refractivity contribution in [2.45, 2.75) is 39.3 Å². The summed E-state index contributed by atoms with van der Waals surface area (Å²) in [4.78, 5) is 12.9. The van der Waals surface area contributed by atoms with Gasteiger partial charge in [0.25, 0.3) is 0 Å². The molecule has 0 aliphatic rings. The maximum absolute atomic E-state index is 5.31. The lowest BCUT2D eigenvalue weighted by Gasteiger charge is -2.34. The van der Waals surface area contributed by atoms with Crippen molar-refractivity contribution in [1.29, 1.82) is 0 Å². The Labute approximate surface area is 123 Å². The van der Waals surface area contributed by atoms with Crippen molar-refractivity contribution in [2.24, 2.45) is 0 Å². The second kappa shape index (κ2) is 6.99. The van der Waals surface area contributed by atoms with Crippen molar-refractivity contribution in [3.05, 3.63) is 18.1 Å². The highest BCUT2D eigenvalue weighted by molar-refractivity contribution is 5.25. The van der Waals surface area contributed by atoms with Gasteiger partial charge in [-0.1, -0.05) is 0 Å². The molecule has 0 saturated carbocycles. The van der Waals surface area contributed by atoms with Gasteiger partial charge in [0.05, 0.1) is 7.11 Å². The van der Waals surface area contributed by atoms with Crippen molar-refractivity contribution in [1.82, 2.24) is 19.8 Å². The SMILES string of the molecule is COc1ncncc1C(C)N(C)CCN(C)C(C)(C)C. The van der Waals surface area contributed by atoms with E-state index in [9.17, 15) is 0 Å². The average Bonchev–Trinajstić information content (AvgIpc) is 2.42. The largest absolute Gasteiger partial charge is 0.481 e. The third-order valence-electron chi connectivity index (χ3n) is 3.94. The van der Waals surface area contributed by atoms with Crippen LogP contribution >= 0.6 is 0 Å². The van der Waals surface area contributed by atoms with Crippen LogP contribution in [0.3, 0.4) is 0 Å². The summed E-state index contributed by atoms with van der Waals surface area (Å²) in [6.07, 6.45) is 3.35. The molecule has 5 nitrogen and oxygen atoms in total. The molecule has 20 heavy (non-hydrogen) atoms. The minimum atomic E-state index is 0.192. The van der Waals surface area contributed by atoms with E-state index >= 15 is 0 Å². The smallest absolute Gasteiger partial charge is 0.220 e. The monoisotopic (exact) mass is 280 g/mol. The Morgan fingerprint density at radius 3 is 2.45 bits per heavy atom. The fourth-order valence-electron chi connectivity index (χ4n) is 1.86. The van der Waals surface area contributed by atoms with Crippen molar-refractivity contribution >= 4 is 0 Å². The number of rotatable bonds is 6. The number of methoxy groups -OCH3 is 1. The van der Waals surface area contributed by atoms with Crippen LogP contribution in [0.2, 0.25) is 0 Å². The van der Waals surface area contributed by atoms with Crippen LogP contribution in [-0.4, -0.2) is 59.6 Å². The average molecular weight is 280 g/mol. The highest BCUT2D eigenvalue weighted by Crippen LogP contribution is 2.25. The normalized spacial score (nSPS) is 13.8. The van der Waals surface area contributed by atoms with E-state index in [-0.39, 0.29) is 11.6 Å². The van der Waals surface area contributed by atoms with Gasteiger partial charge in [-0.15, -0.1) is 0 Å². The molecule has 5 heteroatoms. The molecule has 0 aliphatic heterocycles. The number of hydrogen-bond acceptors (Lipinski definition) is 5. The van der Waals surface area contributed by atoms with Crippen LogP contribution < -0.4 is 4.74 Å². The van der Waals surface area contributed by atoms with Gasteiger partial charge < -0.3 is 9.64 Å². The van der Waals surface area contributed by atoms with Crippen LogP contribution in [0.4, 0.5) is 0 Å². The van der Waals surface area contributed by atoms with E-state index in [0.717, 1.165) is 18.7 Å². The molecule has 0 aromatic carbocycles. The van der Waals surface area contributed by atoms with E-state index in [1.54, 1.807) is 7.11 Å². The molecular weight excluding hydrogens is 252 g/mol. The van der Waals surface area contributed by atoms with Gasteiger partial charge in [0.1, 0.15) is 6.33 Å².